The van der Waals surface area contributed by atoms with Gasteiger partial charge in [-0.1, -0.05) is 18.2 Å². The van der Waals surface area contributed by atoms with Crippen LogP contribution in [0.15, 0.2) is 53.4 Å². The lowest BCUT2D eigenvalue weighted by atomic mass is 10.2. The molecule has 0 bridgehead atoms. The Labute approximate surface area is 161 Å². The Balaban J connectivity index is 1.95. The van der Waals surface area contributed by atoms with Gasteiger partial charge in [-0.25, -0.2) is 13.1 Å². The summed E-state index contributed by atoms with van der Waals surface area (Å²) in [5, 5.41) is 4.35. The van der Waals surface area contributed by atoms with Gasteiger partial charge in [0, 0.05) is 0 Å². The fraction of sp³-hybridized carbons (Fsp3) is 0.211. The van der Waals surface area contributed by atoms with Crippen LogP contribution in [0.25, 0.3) is 5.69 Å². The lowest BCUT2D eigenvalue weighted by molar-refractivity contribution is -0.0498. The van der Waals surface area contributed by atoms with E-state index in [1.165, 1.54) is 18.2 Å². The maximum Gasteiger partial charge on any atom is 0.387 e. The Morgan fingerprint density at radius 3 is 2.36 bits per heavy atom. The number of nitrogens with zero attached hydrogens (tertiary/aromatic N) is 2. The van der Waals surface area contributed by atoms with Crippen molar-refractivity contribution in [3.05, 3.63) is 65.5 Å². The number of rotatable bonds is 6. The highest BCUT2D eigenvalue weighted by molar-refractivity contribution is 7.92. The number of benzene rings is 2. The van der Waals surface area contributed by atoms with Gasteiger partial charge in [-0.15, -0.1) is 0 Å². The second-order valence-corrected chi connectivity index (χ2v) is 7.83. The zero-order valence-corrected chi connectivity index (χ0v) is 16.3. The van der Waals surface area contributed by atoms with Crippen LogP contribution in [-0.4, -0.2) is 24.8 Å². The van der Waals surface area contributed by atoms with Crippen LogP contribution < -0.4 is 9.46 Å². The van der Waals surface area contributed by atoms with Crippen molar-refractivity contribution in [1.29, 1.82) is 0 Å². The highest BCUT2D eigenvalue weighted by atomic mass is 32.2. The molecular weight excluding hydrogens is 388 g/mol. The van der Waals surface area contributed by atoms with Crippen LogP contribution in [0.5, 0.6) is 5.75 Å². The summed E-state index contributed by atoms with van der Waals surface area (Å²) in [5.74, 6) is -0.0419. The van der Waals surface area contributed by atoms with Gasteiger partial charge in [0.25, 0.3) is 10.0 Å². The van der Waals surface area contributed by atoms with E-state index in [1.54, 1.807) is 25.5 Å². The lowest BCUT2D eigenvalue weighted by Gasteiger charge is -2.13. The molecule has 0 spiro atoms. The summed E-state index contributed by atoms with van der Waals surface area (Å²) in [6.45, 7) is 1.95. The lowest BCUT2D eigenvalue weighted by Crippen LogP contribution is -2.16. The fourth-order valence-corrected chi connectivity index (χ4v) is 4.49. The highest BCUT2D eigenvalue weighted by Crippen LogP contribution is 2.28. The topological polar surface area (TPSA) is 73.2 Å². The third kappa shape index (κ3) is 3.99. The Hall–Kier alpha value is -2.94. The van der Waals surface area contributed by atoms with Gasteiger partial charge in [0.15, 0.2) is 0 Å². The first-order chi connectivity index (χ1) is 13.2. The van der Waals surface area contributed by atoms with Crippen LogP contribution in [0.3, 0.4) is 0 Å². The standard InChI is InChI=1S/C19H19F2N3O3S/c1-12-11-16(27-19(20)21)9-10-17(12)23-28(25,26)18-13(2)22-24(14(18)3)15-7-5-4-6-8-15/h4-11,19,23H,1-3H3. The van der Waals surface area contributed by atoms with Gasteiger partial charge in [-0.05, 0) is 56.7 Å². The zero-order valence-electron chi connectivity index (χ0n) is 15.5. The smallest absolute Gasteiger partial charge is 0.387 e. The molecule has 148 valence electrons. The molecule has 0 aliphatic carbocycles. The molecule has 0 saturated heterocycles. The highest BCUT2D eigenvalue weighted by Gasteiger charge is 2.26. The molecule has 1 aromatic heterocycles. The molecule has 0 unspecified atom stereocenters. The molecule has 2 aromatic carbocycles. The van der Waals surface area contributed by atoms with E-state index >= 15 is 0 Å². The fourth-order valence-electron chi connectivity index (χ4n) is 2.96. The normalized spacial score (nSPS) is 11.6. The third-order valence-corrected chi connectivity index (χ3v) is 5.78. The van der Waals surface area contributed by atoms with Gasteiger partial charge >= 0.3 is 6.61 Å². The minimum absolute atomic E-state index is 0.0419. The summed E-state index contributed by atoms with van der Waals surface area (Å²) in [6, 6.07) is 13.2. The van der Waals surface area contributed by atoms with Crippen LogP contribution in [0, 0.1) is 20.8 Å². The number of hydrogen-bond acceptors (Lipinski definition) is 4. The molecule has 3 aromatic rings. The van der Waals surface area contributed by atoms with Crippen molar-refractivity contribution in [1.82, 2.24) is 9.78 Å². The summed E-state index contributed by atoms with van der Waals surface area (Å²) in [6.07, 6.45) is 0. The minimum Gasteiger partial charge on any atom is -0.435 e. The summed E-state index contributed by atoms with van der Waals surface area (Å²) in [5.41, 5.74) is 2.28. The van der Waals surface area contributed by atoms with E-state index in [0.717, 1.165) is 5.69 Å². The van der Waals surface area contributed by atoms with Crippen molar-refractivity contribution in [3.8, 4) is 11.4 Å². The monoisotopic (exact) mass is 407 g/mol. The quantitative estimate of drug-likeness (QED) is 0.665. The predicted molar refractivity (Wildman–Crippen MR) is 102 cm³/mol. The maximum atomic E-state index is 13.0. The van der Waals surface area contributed by atoms with Crippen molar-refractivity contribution < 1.29 is 21.9 Å². The Bertz CT molecular complexity index is 1100. The van der Waals surface area contributed by atoms with E-state index in [9.17, 15) is 17.2 Å². The number of nitrogens with one attached hydrogen (secondary N) is 1. The van der Waals surface area contributed by atoms with Crippen LogP contribution in [0.1, 0.15) is 17.0 Å². The van der Waals surface area contributed by atoms with Gasteiger partial charge in [-0.3, -0.25) is 4.72 Å². The molecule has 6 nitrogen and oxygen atoms in total. The number of alkyl halides is 2. The van der Waals surface area contributed by atoms with Gasteiger partial charge in [0.2, 0.25) is 0 Å². The molecule has 1 N–H and O–H groups in total. The summed E-state index contributed by atoms with van der Waals surface area (Å²) in [7, 11) is -3.94. The Kier molecular flexibility index (Phi) is 5.37. The van der Waals surface area contributed by atoms with Crippen molar-refractivity contribution in [3.63, 3.8) is 0 Å². The van der Waals surface area contributed by atoms with Gasteiger partial charge < -0.3 is 4.74 Å². The van der Waals surface area contributed by atoms with Crippen molar-refractivity contribution in [2.24, 2.45) is 0 Å². The molecule has 3 rings (SSSR count). The first kappa shape index (κ1) is 19.8. The van der Waals surface area contributed by atoms with Crippen LogP contribution in [0.2, 0.25) is 0 Å². The average Bonchev–Trinajstić information content (AvgIpc) is 2.92. The first-order valence-electron chi connectivity index (χ1n) is 8.39. The summed E-state index contributed by atoms with van der Waals surface area (Å²) < 4.78 is 59.0. The second-order valence-electron chi connectivity index (χ2n) is 6.21. The number of anilines is 1. The first-order valence-corrected chi connectivity index (χ1v) is 9.87. The van der Waals surface area contributed by atoms with Gasteiger partial charge in [0.05, 0.1) is 22.8 Å². The van der Waals surface area contributed by atoms with E-state index < -0.39 is 16.6 Å². The van der Waals surface area contributed by atoms with E-state index in [-0.39, 0.29) is 16.3 Å². The number of sulfonamides is 1. The predicted octanol–water partition coefficient (Wildman–Crippen LogP) is 4.20. The number of ether oxygens (including phenoxy) is 1. The Morgan fingerprint density at radius 1 is 1.07 bits per heavy atom. The van der Waals surface area contributed by atoms with E-state index in [4.69, 9.17) is 0 Å². The number of para-hydroxylation sites is 1. The van der Waals surface area contributed by atoms with Crippen LogP contribution in [-0.2, 0) is 10.0 Å². The zero-order chi connectivity index (χ0) is 20.5. The maximum absolute atomic E-state index is 13.0. The van der Waals surface area contributed by atoms with Gasteiger partial charge in [0.1, 0.15) is 10.6 Å². The molecule has 28 heavy (non-hydrogen) atoms. The van der Waals surface area contributed by atoms with Crippen LogP contribution in [0.4, 0.5) is 14.5 Å². The Morgan fingerprint density at radius 2 is 1.75 bits per heavy atom. The molecular formula is C19H19F2N3O3S. The second kappa shape index (κ2) is 7.59. The molecule has 0 atom stereocenters. The summed E-state index contributed by atoms with van der Waals surface area (Å²) in [4.78, 5) is 0.0728. The van der Waals surface area contributed by atoms with E-state index in [0.29, 0.717) is 17.0 Å². The summed E-state index contributed by atoms with van der Waals surface area (Å²) >= 11 is 0. The van der Waals surface area contributed by atoms with Crippen molar-refractivity contribution >= 4 is 15.7 Å². The number of aromatic nitrogens is 2. The van der Waals surface area contributed by atoms with Crippen LogP contribution >= 0.6 is 0 Å². The van der Waals surface area contributed by atoms with Gasteiger partial charge in [-0.2, -0.15) is 13.9 Å². The molecule has 0 radical (unpaired) electrons. The molecule has 9 heteroatoms. The molecule has 0 aliphatic rings. The number of halogens is 2. The average molecular weight is 407 g/mol. The van der Waals surface area contributed by atoms with E-state index in [2.05, 4.69) is 14.6 Å². The molecule has 0 saturated carbocycles. The molecule has 0 fully saturated rings. The minimum atomic E-state index is -3.94. The molecule has 1 heterocycles. The largest absolute Gasteiger partial charge is 0.435 e. The molecule has 0 amide bonds. The number of hydrogen-bond donors (Lipinski definition) is 1. The SMILES string of the molecule is Cc1cc(OC(F)F)ccc1NS(=O)(=O)c1c(C)nn(-c2ccccc2)c1C. The van der Waals surface area contributed by atoms with Crippen molar-refractivity contribution in [2.75, 3.05) is 4.72 Å². The third-order valence-electron chi connectivity index (χ3n) is 4.16. The number of aryl methyl sites for hydroxylation is 2. The molecule has 0 aliphatic heterocycles. The van der Waals surface area contributed by atoms with E-state index in [1.807, 2.05) is 30.3 Å². The van der Waals surface area contributed by atoms with Crippen molar-refractivity contribution in [2.45, 2.75) is 32.3 Å².